The van der Waals surface area contributed by atoms with Crippen LogP contribution in [0.25, 0.3) is 10.9 Å². The van der Waals surface area contributed by atoms with Crippen LogP contribution < -0.4 is 10.1 Å². The lowest BCUT2D eigenvalue weighted by Crippen LogP contribution is -2.39. The summed E-state index contributed by atoms with van der Waals surface area (Å²) in [5.74, 6) is -0.453. The summed E-state index contributed by atoms with van der Waals surface area (Å²) in [4.78, 5) is 23.1. The highest BCUT2D eigenvalue weighted by Crippen LogP contribution is 2.27. The first-order chi connectivity index (χ1) is 19.4. The lowest BCUT2D eigenvalue weighted by atomic mass is 9.95. The van der Waals surface area contributed by atoms with E-state index in [2.05, 4.69) is 10.4 Å². The molecule has 0 fully saturated rings. The highest BCUT2D eigenvalue weighted by atomic mass is 19.1. The van der Waals surface area contributed by atoms with Crippen molar-refractivity contribution in [3.8, 4) is 5.75 Å². The predicted molar refractivity (Wildman–Crippen MR) is 152 cm³/mol. The van der Waals surface area contributed by atoms with Gasteiger partial charge in [-0.2, -0.15) is 14.2 Å². The van der Waals surface area contributed by atoms with Crippen LogP contribution in [0.5, 0.6) is 5.75 Å². The van der Waals surface area contributed by atoms with Gasteiger partial charge in [0.15, 0.2) is 0 Å². The van der Waals surface area contributed by atoms with E-state index in [1.807, 2.05) is 43.3 Å². The van der Waals surface area contributed by atoms with Crippen LogP contribution in [0, 0.1) is 22.9 Å². The van der Waals surface area contributed by atoms with Crippen LogP contribution in [0.2, 0.25) is 0 Å². The molecule has 0 saturated carbocycles. The van der Waals surface area contributed by atoms with E-state index >= 15 is 0 Å². The van der Waals surface area contributed by atoms with Crippen molar-refractivity contribution >= 4 is 22.7 Å². The second-order valence-electron chi connectivity index (χ2n) is 10.7. The van der Waals surface area contributed by atoms with Crippen molar-refractivity contribution in [2.24, 2.45) is 0 Å². The van der Waals surface area contributed by atoms with Crippen LogP contribution in [0.4, 0.5) is 14.9 Å². The van der Waals surface area contributed by atoms with Crippen LogP contribution in [-0.2, 0) is 11.2 Å². The number of aliphatic hydroxyl groups excluding tert-OH is 1. The Labute approximate surface area is 236 Å². The third-order valence-corrected chi connectivity index (χ3v) is 6.37. The van der Waals surface area contributed by atoms with E-state index in [0.29, 0.717) is 29.9 Å². The molecular formula is C30H33FN4O6. The minimum atomic E-state index is -1.16. The maximum atomic E-state index is 13.9. The third kappa shape index (κ3) is 7.44. The molecular weight excluding hydrogens is 531 g/mol. The number of carbonyl (C=O) groups excluding carboxylic acids is 1. The number of rotatable bonds is 10. The van der Waals surface area contributed by atoms with Gasteiger partial charge in [-0.15, -0.1) is 0 Å². The maximum absolute atomic E-state index is 13.9. The summed E-state index contributed by atoms with van der Waals surface area (Å²) >= 11 is 0. The number of fused-ring (bicyclic) bond motifs is 1. The molecule has 0 aliphatic rings. The van der Waals surface area contributed by atoms with Gasteiger partial charge in [0.1, 0.15) is 18.0 Å². The highest BCUT2D eigenvalue weighted by Gasteiger charge is 2.25. The molecule has 1 aromatic heterocycles. The molecule has 2 N–H and O–H groups in total. The summed E-state index contributed by atoms with van der Waals surface area (Å²) in [6.45, 7) is 7.69. The van der Waals surface area contributed by atoms with Crippen molar-refractivity contribution in [1.82, 2.24) is 15.1 Å². The smallest absolute Gasteiger partial charge is 0.435 e. The van der Waals surface area contributed by atoms with E-state index in [-0.39, 0.29) is 12.2 Å². The number of nitrogens with one attached hydrogen (secondary N) is 1. The van der Waals surface area contributed by atoms with Gasteiger partial charge in [0.25, 0.3) is 0 Å². The SMILES string of the molecule is Cc1nn(C(=O)OC(C)(C)C)c2cc(OCCNC(Cc3ccccc3)[C@H](O)c3ccc(F)c([N+](=O)[O-])c3)ccc12. The Kier molecular flexibility index (Phi) is 8.99. The Bertz CT molecular complexity index is 1530. The van der Waals surface area contributed by atoms with Gasteiger partial charge in [-0.1, -0.05) is 36.4 Å². The number of aromatic nitrogens is 2. The predicted octanol–water partition coefficient (Wildman–Crippen LogP) is 5.49. The minimum absolute atomic E-state index is 0.215. The lowest BCUT2D eigenvalue weighted by molar-refractivity contribution is -0.387. The Morgan fingerprint density at radius 1 is 1.15 bits per heavy atom. The van der Waals surface area contributed by atoms with Crippen molar-refractivity contribution in [2.75, 3.05) is 13.2 Å². The molecule has 0 saturated heterocycles. The minimum Gasteiger partial charge on any atom is -0.492 e. The summed E-state index contributed by atoms with van der Waals surface area (Å²) in [7, 11) is 0. The number of hydrogen-bond acceptors (Lipinski definition) is 8. The van der Waals surface area contributed by atoms with Crippen molar-refractivity contribution in [2.45, 2.75) is 51.9 Å². The van der Waals surface area contributed by atoms with E-state index in [9.17, 15) is 24.4 Å². The van der Waals surface area contributed by atoms with Gasteiger partial charge in [-0.25, -0.2) is 4.79 Å². The standard InChI is InChI=1S/C30H33FN4O6/c1-19-23-12-11-22(18-26(23)34(33-19)29(37)41-30(2,3)4)40-15-14-32-25(16-20-8-6-5-7-9-20)28(36)21-10-13-24(31)27(17-21)35(38)39/h5-13,17-18,25,28,32,36H,14-16H2,1-4H3/t25?,28-/m1/s1. The van der Waals surface area contributed by atoms with Gasteiger partial charge < -0.3 is 19.9 Å². The number of nitro groups is 1. The number of benzene rings is 3. The molecule has 4 rings (SSSR count). The Balaban J connectivity index is 1.47. The summed E-state index contributed by atoms with van der Waals surface area (Å²) in [6, 6.07) is 17.6. The van der Waals surface area contributed by atoms with Crippen molar-refractivity contribution in [1.29, 1.82) is 0 Å². The fourth-order valence-corrected chi connectivity index (χ4v) is 4.45. The Hall–Kier alpha value is -4.35. The summed E-state index contributed by atoms with van der Waals surface area (Å²) in [5, 5.41) is 30.7. The van der Waals surface area contributed by atoms with Gasteiger partial charge in [0.2, 0.25) is 5.82 Å². The molecule has 1 unspecified atom stereocenters. The molecule has 2 atom stereocenters. The molecule has 0 spiro atoms. The van der Waals surface area contributed by atoms with Crippen molar-refractivity contribution in [3.05, 3.63) is 99.5 Å². The van der Waals surface area contributed by atoms with E-state index in [4.69, 9.17) is 9.47 Å². The molecule has 4 aromatic rings. The molecule has 0 aliphatic heterocycles. The molecule has 216 valence electrons. The summed E-state index contributed by atoms with van der Waals surface area (Å²) in [5.41, 5.74) is 1.03. The van der Waals surface area contributed by atoms with Crippen LogP contribution in [0.3, 0.4) is 0 Å². The Morgan fingerprint density at radius 3 is 2.56 bits per heavy atom. The van der Waals surface area contributed by atoms with E-state index in [0.717, 1.165) is 23.1 Å². The first kappa shape index (κ1) is 29.6. The Morgan fingerprint density at radius 2 is 1.88 bits per heavy atom. The number of ether oxygens (including phenoxy) is 2. The summed E-state index contributed by atoms with van der Waals surface area (Å²) in [6.07, 6.45) is -1.33. The average Bonchev–Trinajstić information content (AvgIpc) is 3.25. The van der Waals surface area contributed by atoms with Gasteiger partial charge in [-0.05, 0) is 63.4 Å². The maximum Gasteiger partial charge on any atom is 0.435 e. The number of halogens is 1. The lowest BCUT2D eigenvalue weighted by Gasteiger charge is -2.25. The van der Waals surface area contributed by atoms with Gasteiger partial charge in [-0.3, -0.25) is 10.1 Å². The zero-order valence-corrected chi connectivity index (χ0v) is 23.3. The summed E-state index contributed by atoms with van der Waals surface area (Å²) < 4.78 is 26.5. The van der Waals surface area contributed by atoms with E-state index in [1.165, 1.54) is 10.7 Å². The number of nitro benzene ring substituents is 1. The molecule has 0 amide bonds. The molecule has 1 heterocycles. The zero-order valence-electron chi connectivity index (χ0n) is 23.3. The topological polar surface area (TPSA) is 129 Å². The molecule has 0 aliphatic carbocycles. The molecule has 0 bridgehead atoms. The van der Waals surface area contributed by atoms with E-state index in [1.54, 1.807) is 32.9 Å². The molecule has 0 radical (unpaired) electrons. The number of aryl methyl sites for hydroxylation is 1. The van der Waals surface area contributed by atoms with Gasteiger partial charge >= 0.3 is 11.8 Å². The van der Waals surface area contributed by atoms with Gasteiger partial charge in [0, 0.05) is 30.1 Å². The van der Waals surface area contributed by atoms with Crippen LogP contribution in [-0.4, -0.2) is 50.7 Å². The third-order valence-electron chi connectivity index (χ3n) is 6.37. The molecule has 3 aromatic carbocycles. The second kappa shape index (κ2) is 12.4. The van der Waals surface area contributed by atoms with Crippen LogP contribution >= 0.6 is 0 Å². The molecule has 11 heteroatoms. The number of aliphatic hydroxyl groups is 1. The second-order valence-corrected chi connectivity index (χ2v) is 10.7. The monoisotopic (exact) mass is 564 g/mol. The number of hydrogen-bond donors (Lipinski definition) is 2. The number of carbonyl (C=O) groups is 1. The number of nitrogens with zero attached hydrogens (tertiary/aromatic N) is 3. The average molecular weight is 565 g/mol. The van der Waals surface area contributed by atoms with Crippen molar-refractivity contribution < 1.29 is 28.7 Å². The first-order valence-electron chi connectivity index (χ1n) is 13.2. The van der Waals surface area contributed by atoms with Crippen molar-refractivity contribution in [3.63, 3.8) is 0 Å². The van der Waals surface area contributed by atoms with Crippen LogP contribution in [0.1, 0.15) is 43.7 Å². The quantitative estimate of drug-likeness (QED) is 0.147. The molecule has 10 nitrogen and oxygen atoms in total. The highest BCUT2D eigenvalue weighted by molar-refractivity contribution is 5.90. The van der Waals surface area contributed by atoms with E-state index < -0.39 is 40.3 Å². The fraction of sp³-hybridized carbons (Fsp3) is 0.333. The zero-order chi connectivity index (χ0) is 29.7. The normalized spacial score (nSPS) is 13.1. The molecule has 41 heavy (non-hydrogen) atoms. The first-order valence-corrected chi connectivity index (χ1v) is 13.2. The van der Waals surface area contributed by atoms with Crippen LogP contribution in [0.15, 0.2) is 66.7 Å². The van der Waals surface area contributed by atoms with Gasteiger partial charge in [0.05, 0.1) is 22.2 Å². The largest absolute Gasteiger partial charge is 0.492 e. The fourth-order valence-electron chi connectivity index (χ4n) is 4.45.